The van der Waals surface area contributed by atoms with E-state index in [0.29, 0.717) is 17.7 Å². The zero-order chi connectivity index (χ0) is 27.3. The number of alkyl halides is 2. The van der Waals surface area contributed by atoms with Crippen LogP contribution >= 0.6 is 7.60 Å². The third-order valence-electron chi connectivity index (χ3n) is 5.06. The number of hydrogen-bond donors (Lipinski definition) is 0. The monoisotopic (exact) mass is 544 g/mol. The minimum atomic E-state index is -5.37. The number of hydrogen-bond acceptors (Lipinski definition) is 8. The summed E-state index contributed by atoms with van der Waals surface area (Å²) < 4.78 is 76.8. The largest absolute Gasteiger partial charge is 0.408 e. The molecule has 2 aromatic rings. The molecular weight excluding hydrogens is 509 g/mol. The predicted octanol–water partition coefficient (Wildman–Crippen LogP) is 5.94. The van der Waals surface area contributed by atoms with Gasteiger partial charge in [0.15, 0.2) is 12.6 Å². The molecule has 2 rings (SSSR count). The van der Waals surface area contributed by atoms with Gasteiger partial charge in [-0.1, -0.05) is 60.7 Å². The molecule has 0 spiro atoms. The van der Waals surface area contributed by atoms with Gasteiger partial charge in [-0.15, -0.1) is 0 Å². The standard InChI is InChI=1S/C26H35F2O8P/c1-5-31-20(3)33-19-24(36-21(4)32-6-2)25(29)26(27,28)37(30,34-17-22-13-9-7-10-14-22)35-18-23-15-11-8-12-16-23/h7-16,20-21,24H,5-6,17-19H2,1-4H3/t20?,21?,24-/m1/s1. The van der Waals surface area contributed by atoms with Gasteiger partial charge in [0.2, 0.25) is 5.78 Å². The maximum absolute atomic E-state index is 15.8. The van der Waals surface area contributed by atoms with E-state index in [4.69, 9.17) is 28.0 Å². The maximum atomic E-state index is 15.8. The summed E-state index contributed by atoms with van der Waals surface area (Å²) in [5.74, 6) is -1.81. The average Bonchev–Trinajstić information content (AvgIpc) is 2.89. The van der Waals surface area contributed by atoms with Gasteiger partial charge < -0.3 is 18.9 Å². The Kier molecular flexibility index (Phi) is 13.0. The van der Waals surface area contributed by atoms with Gasteiger partial charge in [-0.3, -0.25) is 18.4 Å². The maximum Gasteiger partial charge on any atom is 0.408 e. The van der Waals surface area contributed by atoms with Gasteiger partial charge in [-0.25, -0.2) is 0 Å². The highest BCUT2D eigenvalue weighted by Gasteiger charge is 2.62. The number of ether oxygens (including phenoxy) is 4. The van der Waals surface area contributed by atoms with Gasteiger partial charge in [0.05, 0.1) is 19.8 Å². The molecule has 0 aliphatic heterocycles. The number of rotatable bonds is 18. The molecule has 11 heteroatoms. The first-order valence-electron chi connectivity index (χ1n) is 12.0. The zero-order valence-corrected chi connectivity index (χ0v) is 22.4. The van der Waals surface area contributed by atoms with Crippen LogP contribution in [0, 0.1) is 0 Å². The van der Waals surface area contributed by atoms with Crippen molar-refractivity contribution in [2.75, 3.05) is 19.8 Å². The molecular formula is C26H35F2O8P. The highest BCUT2D eigenvalue weighted by molar-refractivity contribution is 7.56. The minimum absolute atomic E-state index is 0.216. The predicted molar refractivity (Wildman–Crippen MR) is 133 cm³/mol. The third-order valence-corrected chi connectivity index (χ3v) is 6.91. The molecule has 0 heterocycles. The normalized spacial score (nSPS) is 14.8. The Morgan fingerprint density at radius 2 is 1.27 bits per heavy atom. The molecule has 0 fully saturated rings. The second-order valence-electron chi connectivity index (χ2n) is 7.93. The molecule has 0 radical (unpaired) electrons. The van der Waals surface area contributed by atoms with Gasteiger partial charge in [-0.2, -0.15) is 8.78 Å². The molecule has 0 aliphatic carbocycles. The van der Waals surface area contributed by atoms with Crippen LogP contribution in [0.5, 0.6) is 0 Å². The van der Waals surface area contributed by atoms with E-state index in [2.05, 4.69) is 0 Å². The van der Waals surface area contributed by atoms with Crippen molar-refractivity contribution in [2.24, 2.45) is 0 Å². The quantitative estimate of drug-likeness (QED) is 0.168. The third kappa shape index (κ3) is 9.65. The summed E-state index contributed by atoms with van der Waals surface area (Å²) in [6.45, 7) is 5.41. The smallest absolute Gasteiger partial charge is 0.353 e. The van der Waals surface area contributed by atoms with E-state index >= 15 is 8.78 Å². The van der Waals surface area contributed by atoms with Crippen LogP contribution in [-0.2, 0) is 50.6 Å². The van der Waals surface area contributed by atoms with E-state index in [1.165, 1.54) is 6.92 Å². The van der Waals surface area contributed by atoms with Gasteiger partial charge in [0.1, 0.15) is 6.10 Å². The fourth-order valence-electron chi connectivity index (χ4n) is 3.18. The molecule has 0 N–H and O–H groups in total. The number of benzene rings is 2. The van der Waals surface area contributed by atoms with E-state index in [0.717, 1.165) is 0 Å². The first kappa shape index (κ1) is 31.2. The van der Waals surface area contributed by atoms with Gasteiger partial charge in [0.25, 0.3) is 0 Å². The van der Waals surface area contributed by atoms with Gasteiger partial charge in [0, 0.05) is 13.2 Å². The van der Waals surface area contributed by atoms with Crippen LogP contribution in [0.15, 0.2) is 60.7 Å². The summed E-state index contributed by atoms with van der Waals surface area (Å²) in [5.41, 5.74) is -3.62. The molecule has 0 bridgehead atoms. The van der Waals surface area contributed by atoms with Crippen molar-refractivity contribution in [3.63, 3.8) is 0 Å². The van der Waals surface area contributed by atoms with Crippen LogP contribution in [0.2, 0.25) is 0 Å². The molecule has 37 heavy (non-hydrogen) atoms. The van der Waals surface area contributed by atoms with E-state index in [-0.39, 0.29) is 6.61 Å². The van der Waals surface area contributed by atoms with Crippen molar-refractivity contribution >= 4 is 13.4 Å². The Morgan fingerprint density at radius 1 is 0.811 bits per heavy atom. The Balaban J connectivity index is 2.32. The molecule has 0 aromatic heterocycles. The van der Waals surface area contributed by atoms with Crippen LogP contribution in [0.4, 0.5) is 8.78 Å². The molecule has 8 nitrogen and oxygen atoms in total. The second kappa shape index (κ2) is 15.4. The van der Waals surface area contributed by atoms with Crippen molar-refractivity contribution in [2.45, 2.75) is 65.3 Å². The van der Waals surface area contributed by atoms with Crippen molar-refractivity contribution in [1.82, 2.24) is 0 Å². The van der Waals surface area contributed by atoms with Crippen LogP contribution in [0.3, 0.4) is 0 Å². The minimum Gasteiger partial charge on any atom is -0.353 e. The molecule has 2 unspecified atom stereocenters. The lowest BCUT2D eigenvalue weighted by Crippen LogP contribution is -2.44. The van der Waals surface area contributed by atoms with E-state index < -0.39 is 57.5 Å². The van der Waals surface area contributed by atoms with Crippen molar-refractivity contribution < 1.29 is 46.1 Å². The van der Waals surface area contributed by atoms with E-state index in [1.807, 2.05) is 0 Å². The summed E-state index contributed by atoms with van der Waals surface area (Å²) in [6.07, 6.45) is -3.65. The number of carbonyl (C=O) groups excluding carboxylic acids is 1. The van der Waals surface area contributed by atoms with Gasteiger partial charge in [-0.05, 0) is 38.8 Å². The average molecular weight is 545 g/mol. The fraction of sp³-hybridized carbons (Fsp3) is 0.500. The van der Waals surface area contributed by atoms with Crippen molar-refractivity contribution in [3.8, 4) is 0 Å². The van der Waals surface area contributed by atoms with Crippen LogP contribution in [-0.4, -0.2) is 50.0 Å². The first-order chi connectivity index (χ1) is 17.6. The molecule has 0 amide bonds. The lowest BCUT2D eigenvalue weighted by atomic mass is 10.2. The number of Topliss-reactive ketones (excluding diaryl/α,β-unsaturated/α-hetero) is 1. The molecule has 0 saturated heterocycles. The van der Waals surface area contributed by atoms with E-state index in [1.54, 1.807) is 81.4 Å². The Hall–Kier alpha value is -2.04. The fourth-order valence-corrected chi connectivity index (χ4v) is 4.63. The summed E-state index contributed by atoms with van der Waals surface area (Å²) in [7, 11) is -5.37. The molecule has 2 aromatic carbocycles. The Labute approximate surface area is 216 Å². The van der Waals surface area contributed by atoms with Crippen LogP contribution in [0.25, 0.3) is 0 Å². The van der Waals surface area contributed by atoms with Crippen molar-refractivity contribution in [1.29, 1.82) is 0 Å². The Morgan fingerprint density at radius 3 is 1.73 bits per heavy atom. The summed E-state index contributed by atoms with van der Waals surface area (Å²) in [5, 5.41) is 0. The first-order valence-corrected chi connectivity index (χ1v) is 13.6. The number of halogens is 2. The lowest BCUT2D eigenvalue weighted by Gasteiger charge is -2.29. The summed E-state index contributed by atoms with van der Waals surface area (Å²) in [4.78, 5) is 13.2. The van der Waals surface area contributed by atoms with E-state index in [9.17, 15) is 9.36 Å². The summed E-state index contributed by atoms with van der Waals surface area (Å²) in [6, 6.07) is 16.6. The highest BCUT2D eigenvalue weighted by Crippen LogP contribution is 2.63. The lowest BCUT2D eigenvalue weighted by molar-refractivity contribution is -0.204. The summed E-state index contributed by atoms with van der Waals surface area (Å²) >= 11 is 0. The Bertz CT molecular complexity index is 930. The SMILES string of the molecule is CCOC(C)OC[C@@H](OC(C)OCC)C(=O)C(F)(F)P(=O)(OCc1ccccc1)OCc1ccccc1. The zero-order valence-electron chi connectivity index (χ0n) is 21.5. The molecule has 0 aliphatic rings. The van der Waals surface area contributed by atoms with Gasteiger partial charge >= 0.3 is 13.3 Å². The van der Waals surface area contributed by atoms with Crippen LogP contribution < -0.4 is 0 Å². The molecule has 3 atom stereocenters. The van der Waals surface area contributed by atoms with Crippen LogP contribution in [0.1, 0.15) is 38.8 Å². The van der Waals surface area contributed by atoms with Crippen molar-refractivity contribution in [3.05, 3.63) is 71.8 Å². The second-order valence-corrected chi connectivity index (χ2v) is 10.00. The number of ketones is 1. The molecule has 0 saturated carbocycles. The molecule has 206 valence electrons. The highest BCUT2D eigenvalue weighted by atomic mass is 31.2. The topological polar surface area (TPSA) is 89.5 Å². The number of carbonyl (C=O) groups is 1.